The number of piperazine rings is 1. The van der Waals surface area contributed by atoms with Crippen molar-refractivity contribution in [1.82, 2.24) is 14.8 Å². The molecule has 2 aromatic carbocycles. The average molecular weight is 513 g/mol. The Morgan fingerprint density at radius 1 is 1.24 bits per heavy atom. The molecule has 1 aliphatic heterocycles. The Balaban J connectivity index is 1.50. The van der Waals surface area contributed by atoms with Crippen LogP contribution in [0.15, 0.2) is 36.5 Å². The number of nitrogens with zero attached hydrogens (tertiary/aromatic N) is 2. The zero-order chi connectivity index (χ0) is 26.1. The minimum absolute atomic E-state index is 0.183. The van der Waals surface area contributed by atoms with Crippen molar-refractivity contribution in [3.8, 4) is 5.75 Å². The highest BCUT2D eigenvalue weighted by molar-refractivity contribution is 5.94. The van der Waals surface area contributed by atoms with Gasteiger partial charge in [-0.05, 0) is 61.1 Å². The fourth-order valence-electron chi connectivity index (χ4n) is 5.41. The molecule has 9 heteroatoms. The van der Waals surface area contributed by atoms with Gasteiger partial charge in [-0.2, -0.15) is 0 Å². The fraction of sp³-hybridized carbons (Fsp3) is 0.464. The predicted molar refractivity (Wildman–Crippen MR) is 140 cm³/mol. The number of carboxylic acid groups (broad SMARTS) is 1. The number of halogens is 2. The molecule has 3 aromatic rings. The number of carboxylic acids is 1. The molecule has 0 bridgehead atoms. The number of carbonyl (C=O) groups is 1. The lowest BCUT2D eigenvalue weighted by molar-refractivity contribution is 0.0246. The van der Waals surface area contributed by atoms with Crippen molar-refractivity contribution in [2.45, 2.75) is 38.8 Å². The maximum absolute atomic E-state index is 13.3. The number of nitrogens with one attached hydrogen (secondary N) is 2. The number of anilines is 1. The monoisotopic (exact) mass is 512 g/mol. The number of hydrogen-bond acceptors (Lipinski definition) is 5. The van der Waals surface area contributed by atoms with Gasteiger partial charge in [0.1, 0.15) is 5.75 Å². The zero-order valence-corrected chi connectivity index (χ0v) is 21.3. The Hall–Kier alpha value is -3.17. The summed E-state index contributed by atoms with van der Waals surface area (Å²) in [6, 6.07) is 9.24. The lowest BCUT2D eigenvalue weighted by Crippen LogP contribution is -2.49. The standard InChI is InChI=1S/C28H34F2N4O3/c1-17-11-25(37-2)22(20-7-8-31-27(17)20)14-34-10-9-33(16-26(29)30)15-24(34)19-5-6-21(28(35)36)23(12-19)32-13-18-3-4-18/h5-8,11-12,18,24,26,31-32H,3-4,9-10,13-16H2,1-2H3,(H,35,36). The van der Waals surface area contributed by atoms with E-state index in [1.807, 2.05) is 37.4 Å². The maximum atomic E-state index is 13.3. The third-order valence-corrected chi connectivity index (χ3v) is 7.60. The molecule has 0 spiro atoms. The van der Waals surface area contributed by atoms with Crippen LogP contribution in [0.2, 0.25) is 0 Å². The Kier molecular flexibility index (Phi) is 7.35. The van der Waals surface area contributed by atoms with Crippen molar-refractivity contribution in [1.29, 1.82) is 0 Å². The smallest absolute Gasteiger partial charge is 0.337 e. The number of H-pyrrole nitrogens is 1. The molecule has 7 nitrogen and oxygen atoms in total. The topological polar surface area (TPSA) is 80.8 Å². The fourth-order valence-corrected chi connectivity index (χ4v) is 5.41. The van der Waals surface area contributed by atoms with Crippen LogP contribution in [0.5, 0.6) is 5.75 Å². The average Bonchev–Trinajstić information content (AvgIpc) is 3.57. The number of methoxy groups -OCH3 is 1. The summed E-state index contributed by atoms with van der Waals surface area (Å²) < 4.78 is 32.4. The highest BCUT2D eigenvalue weighted by Crippen LogP contribution is 2.36. The molecule has 1 unspecified atom stereocenters. The van der Waals surface area contributed by atoms with Crippen LogP contribution in [-0.4, -0.2) is 72.1 Å². The van der Waals surface area contributed by atoms with Gasteiger partial charge in [0.05, 0.1) is 19.2 Å². The van der Waals surface area contributed by atoms with Crippen LogP contribution in [0.25, 0.3) is 10.9 Å². The number of aromatic carboxylic acids is 1. The van der Waals surface area contributed by atoms with E-state index in [0.29, 0.717) is 37.8 Å². The molecule has 1 aliphatic carbocycles. The maximum Gasteiger partial charge on any atom is 0.337 e. The highest BCUT2D eigenvalue weighted by atomic mass is 19.3. The molecule has 0 amide bonds. The lowest BCUT2D eigenvalue weighted by Gasteiger charge is -2.42. The number of ether oxygens (including phenoxy) is 1. The van der Waals surface area contributed by atoms with Crippen molar-refractivity contribution in [3.05, 3.63) is 58.8 Å². The Morgan fingerprint density at radius 3 is 2.76 bits per heavy atom. The molecule has 5 rings (SSSR count). The Morgan fingerprint density at radius 2 is 2.05 bits per heavy atom. The summed E-state index contributed by atoms with van der Waals surface area (Å²) in [5, 5.41) is 14.2. The molecule has 1 aromatic heterocycles. The van der Waals surface area contributed by atoms with Crippen molar-refractivity contribution < 1.29 is 23.4 Å². The minimum atomic E-state index is -2.41. The summed E-state index contributed by atoms with van der Waals surface area (Å²) >= 11 is 0. The third-order valence-electron chi connectivity index (χ3n) is 7.60. The van der Waals surface area contributed by atoms with Gasteiger partial charge in [-0.25, -0.2) is 13.6 Å². The first-order valence-electron chi connectivity index (χ1n) is 12.8. The number of rotatable bonds is 10. The number of aryl methyl sites for hydroxylation is 1. The predicted octanol–water partition coefficient (Wildman–Crippen LogP) is 5.13. The summed E-state index contributed by atoms with van der Waals surface area (Å²) in [5.74, 6) is 0.395. The molecule has 198 valence electrons. The minimum Gasteiger partial charge on any atom is -0.496 e. The highest BCUT2D eigenvalue weighted by Gasteiger charge is 2.32. The van der Waals surface area contributed by atoms with E-state index in [4.69, 9.17) is 4.74 Å². The molecule has 2 fully saturated rings. The normalized spacial score (nSPS) is 19.0. The first-order chi connectivity index (χ1) is 17.8. The quantitative estimate of drug-likeness (QED) is 0.350. The van der Waals surface area contributed by atoms with E-state index < -0.39 is 12.4 Å². The second-order valence-electron chi connectivity index (χ2n) is 10.2. The molecule has 37 heavy (non-hydrogen) atoms. The number of fused-ring (bicyclic) bond motifs is 1. The van der Waals surface area contributed by atoms with Gasteiger partial charge in [0.15, 0.2) is 0 Å². The first-order valence-corrected chi connectivity index (χ1v) is 12.8. The van der Waals surface area contributed by atoms with E-state index in [1.54, 1.807) is 18.1 Å². The van der Waals surface area contributed by atoms with E-state index >= 15 is 0 Å². The van der Waals surface area contributed by atoms with Crippen LogP contribution in [0.3, 0.4) is 0 Å². The first kappa shape index (κ1) is 25.5. The van der Waals surface area contributed by atoms with Gasteiger partial charge in [-0.15, -0.1) is 0 Å². The third kappa shape index (κ3) is 5.57. The van der Waals surface area contributed by atoms with Gasteiger partial charge >= 0.3 is 5.97 Å². The van der Waals surface area contributed by atoms with Crippen molar-refractivity contribution in [2.75, 3.05) is 45.2 Å². The van der Waals surface area contributed by atoms with Gasteiger partial charge in [-0.1, -0.05) is 6.07 Å². The Labute approximate surface area is 215 Å². The van der Waals surface area contributed by atoms with Crippen molar-refractivity contribution in [2.24, 2.45) is 5.92 Å². The SMILES string of the molecule is COc1cc(C)c2[nH]ccc2c1CN1CCN(CC(F)F)CC1c1ccc(C(=O)O)c(NCC2CC2)c1. The van der Waals surface area contributed by atoms with Crippen LogP contribution in [-0.2, 0) is 6.54 Å². The number of hydrogen-bond donors (Lipinski definition) is 3. The summed E-state index contributed by atoms with van der Waals surface area (Å²) in [4.78, 5) is 19.3. The van der Waals surface area contributed by atoms with Crippen molar-refractivity contribution in [3.63, 3.8) is 0 Å². The summed E-state index contributed by atoms with van der Waals surface area (Å²) in [6.07, 6.45) is 1.82. The van der Waals surface area contributed by atoms with E-state index in [1.165, 1.54) is 0 Å². The summed E-state index contributed by atoms with van der Waals surface area (Å²) in [7, 11) is 1.66. The van der Waals surface area contributed by atoms with Gasteiger partial charge in [-0.3, -0.25) is 9.80 Å². The number of aromatic amines is 1. The molecule has 0 radical (unpaired) electrons. The van der Waals surface area contributed by atoms with Gasteiger partial charge < -0.3 is 20.1 Å². The second kappa shape index (κ2) is 10.7. The van der Waals surface area contributed by atoms with E-state index in [-0.39, 0.29) is 18.2 Å². The number of alkyl halides is 2. The number of benzene rings is 2. The molecule has 1 saturated carbocycles. The van der Waals surface area contributed by atoms with Crippen LogP contribution < -0.4 is 10.1 Å². The summed E-state index contributed by atoms with van der Waals surface area (Å²) in [6.45, 7) is 4.65. The lowest BCUT2D eigenvalue weighted by atomic mass is 9.97. The molecule has 1 atom stereocenters. The summed E-state index contributed by atoms with van der Waals surface area (Å²) in [5.41, 5.74) is 4.93. The molecule has 1 saturated heterocycles. The molecule has 2 aliphatic rings. The van der Waals surface area contributed by atoms with E-state index in [2.05, 4.69) is 15.2 Å². The van der Waals surface area contributed by atoms with Gasteiger partial charge in [0.2, 0.25) is 0 Å². The second-order valence-corrected chi connectivity index (χ2v) is 10.2. The van der Waals surface area contributed by atoms with Crippen LogP contribution in [0.1, 0.15) is 45.9 Å². The molecular formula is C28H34F2N4O3. The van der Waals surface area contributed by atoms with E-state index in [9.17, 15) is 18.7 Å². The molecular weight excluding hydrogens is 478 g/mol. The Bertz CT molecular complexity index is 1270. The van der Waals surface area contributed by atoms with Crippen LogP contribution in [0, 0.1) is 12.8 Å². The van der Waals surface area contributed by atoms with Gasteiger partial charge in [0, 0.05) is 67.1 Å². The largest absolute Gasteiger partial charge is 0.496 e. The zero-order valence-electron chi connectivity index (χ0n) is 21.3. The van der Waals surface area contributed by atoms with Crippen LogP contribution in [0.4, 0.5) is 14.5 Å². The number of aromatic nitrogens is 1. The van der Waals surface area contributed by atoms with E-state index in [0.717, 1.165) is 52.7 Å². The van der Waals surface area contributed by atoms with Crippen LogP contribution >= 0.6 is 0 Å². The van der Waals surface area contributed by atoms with Crippen molar-refractivity contribution >= 4 is 22.6 Å². The molecule has 2 heterocycles. The molecule has 3 N–H and O–H groups in total. The van der Waals surface area contributed by atoms with Gasteiger partial charge in [0.25, 0.3) is 6.43 Å².